The number of carboxylic acids is 2. The topological polar surface area (TPSA) is 140 Å². The molecule has 4 N–H and O–H groups in total. The van der Waals surface area contributed by atoms with Crippen LogP contribution < -0.4 is 0 Å². The minimum absolute atomic E-state index is 0.0278. The lowest BCUT2D eigenvalue weighted by Crippen LogP contribution is -1.80. The number of benzene rings is 2. The molecule has 0 heterocycles. The molecule has 140 valence electrons. The van der Waals surface area contributed by atoms with Gasteiger partial charge >= 0.3 is 0 Å². The molecular formula is C18H22N2O6. The summed E-state index contributed by atoms with van der Waals surface area (Å²) < 4.78 is 0. The van der Waals surface area contributed by atoms with Gasteiger partial charge in [-0.15, -0.1) is 0 Å². The highest BCUT2D eigenvalue weighted by molar-refractivity contribution is 5.63. The van der Waals surface area contributed by atoms with Crippen LogP contribution in [-0.2, 0) is 22.8 Å². The second-order valence-electron chi connectivity index (χ2n) is 4.89. The molecule has 0 saturated heterocycles. The summed E-state index contributed by atoms with van der Waals surface area (Å²) in [5, 5.41) is 40.8. The van der Waals surface area contributed by atoms with Gasteiger partial charge in [0, 0.05) is 13.8 Å². The van der Waals surface area contributed by atoms with Crippen LogP contribution >= 0.6 is 0 Å². The van der Waals surface area contributed by atoms with E-state index in [1.807, 2.05) is 24.3 Å². The van der Waals surface area contributed by atoms with Crippen molar-refractivity contribution in [3.05, 3.63) is 59.7 Å². The first-order valence-electron chi connectivity index (χ1n) is 7.48. The van der Waals surface area contributed by atoms with Crippen molar-refractivity contribution >= 4 is 23.3 Å². The Labute approximate surface area is 151 Å². The second-order valence-corrected chi connectivity index (χ2v) is 4.89. The van der Waals surface area contributed by atoms with Gasteiger partial charge in [-0.3, -0.25) is 9.59 Å². The van der Waals surface area contributed by atoms with Crippen LogP contribution in [0.1, 0.15) is 25.0 Å². The predicted molar refractivity (Wildman–Crippen MR) is 95.5 cm³/mol. The standard InChI is InChI=1S/C14H14N2O2.2C2H4O2/c17-9-11-1-5-13(6-2-11)15-16-14-7-3-12(10-18)4-8-14;2*1-2(3)4/h1-8,17-18H,9-10H2;2*1H3,(H,3,4). The Balaban J connectivity index is 0.000000662. The zero-order valence-electron chi connectivity index (χ0n) is 14.5. The number of aliphatic hydroxyl groups is 2. The maximum Gasteiger partial charge on any atom is 0.300 e. The summed E-state index contributed by atoms with van der Waals surface area (Å²) in [7, 11) is 0. The van der Waals surface area contributed by atoms with Crippen LogP contribution in [0, 0.1) is 0 Å². The molecule has 0 bridgehead atoms. The lowest BCUT2D eigenvalue weighted by atomic mass is 10.2. The molecule has 0 radical (unpaired) electrons. The Bertz CT molecular complexity index is 627. The van der Waals surface area contributed by atoms with Gasteiger partial charge in [-0.1, -0.05) is 24.3 Å². The van der Waals surface area contributed by atoms with Gasteiger partial charge in [0.1, 0.15) is 0 Å². The van der Waals surface area contributed by atoms with Gasteiger partial charge in [-0.05, 0) is 35.4 Å². The highest BCUT2D eigenvalue weighted by atomic mass is 16.4. The molecule has 0 amide bonds. The van der Waals surface area contributed by atoms with Crippen LogP contribution in [0.3, 0.4) is 0 Å². The minimum atomic E-state index is -0.833. The van der Waals surface area contributed by atoms with Gasteiger partial charge in [0.25, 0.3) is 11.9 Å². The average molecular weight is 362 g/mol. The number of azo groups is 1. The van der Waals surface area contributed by atoms with Gasteiger partial charge in [-0.25, -0.2) is 0 Å². The van der Waals surface area contributed by atoms with Crippen molar-refractivity contribution in [3.63, 3.8) is 0 Å². The Morgan fingerprint density at radius 3 is 1.12 bits per heavy atom. The van der Waals surface area contributed by atoms with Crippen molar-refractivity contribution in [2.75, 3.05) is 0 Å². The van der Waals surface area contributed by atoms with Gasteiger partial charge < -0.3 is 20.4 Å². The van der Waals surface area contributed by atoms with Crippen molar-refractivity contribution in [1.29, 1.82) is 0 Å². The SMILES string of the molecule is CC(=O)O.CC(=O)O.OCc1ccc(N=Nc2ccc(CO)cc2)cc1. The summed E-state index contributed by atoms with van der Waals surface area (Å²) in [5.41, 5.74) is 3.17. The van der Waals surface area contributed by atoms with E-state index in [1.54, 1.807) is 24.3 Å². The molecule has 0 aromatic heterocycles. The average Bonchev–Trinajstić information content (AvgIpc) is 2.60. The first-order valence-corrected chi connectivity index (χ1v) is 7.48. The number of nitrogens with zero attached hydrogens (tertiary/aromatic N) is 2. The molecular weight excluding hydrogens is 340 g/mol. The highest BCUT2D eigenvalue weighted by Crippen LogP contribution is 2.19. The fourth-order valence-electron chi connectivity index (χ4n) is 1.45. The molecule has 0 spiro atoms. The predicted octanol–water partition coefficient (Wildman–Crippen LogP) is 3.27. The van der Waals surface area contributed by atoms with E-state index in [1.165, 1.54) is 0 Å². The van der Waals surface area contributed by atoms with Crippen molar-refractivity contribution in [3.8, 4) is 0 Å². The number of aliphatic carboxylic acids is 2. The van der Waals surface area contributed by atoms with Crippen molar-refractivity contribution in [1.82, 2.24) is 0 Å². The molecule has 0 aliphatic carbocycles. The van der Waals surface area contributed by atoms with Gasteiger partial charge in [-0.2, -0.15) is 10.2 Å². The van der Waals surface area contributed by atoms with Crippen LogP contribution in [0.5, 0.6) is 0 Å². The highest BCUT2D eigenvalue weighted by Gasteiger charge is 1.93. The first kappa shape index (κ1) is 22.9. The Hall–Kier alpha value is -3.10. The molecule has 0 aliphatic heterocycles. The molecule has 2 aromatic rings. The summed E-state index contributed by atoms with van der Waals surface area (Å²) in [6.45, 7) is 2.22. The summed E-state index contributed by atoms with van der Waals surface area (Å²) in [5.74, 6) is -1.67. The van der Waals surface area contributed by atoms with E-state index in [-0.39, 0.29) is 13.2 Å². The first-order chi connectivity index (χ1) is 12.3. The van der Waals surface area contributed by atoms with E-state index < -0.39 is 11.9 Å². The molecule has 0 saturated carbocycles. The number of aliphatic hydroxyl groups excluding tert-OH is 2. The fourth-order valence-corrected chi connectivity index (χ4v) is 1.45. The summed E-state index contributed by atoms with van der Waals surface area (Å²) in [6.07, 6.45) is 0. The monoisotopic (exact) mass is 362 g/mol. The van der Waals surface area contributed by atoms with Crippen molar-refractivity contribution in [2.24, 2.45) is 10.2 Å². The smallest absolute Gasteiger partial charge is 0.300 e. The van der Waals surface area contributed by atoms with E-state index in [4.69, 9.17) is 30.0 Å². The van der Waals surface area contributed by atoms with Crippen LogP contribution in [0.4, 0.5) is 11.4 Å². The van der Waals surface area contributed by atoms with Gasteiger partial charge in [0.15, 0.2) is 0 Å². The van der Waals surface area contributed by atoms with Gasteiger partial charge in [0.2, 0.25) is 0 Å². The zero-order valence-corrected chi connectivity index (χ0v) is 14.5. The van der Waals surface area contributed by atoms with E-state index in [9.17, 15) is 0 Å². The van der Waals surface area contributed by atoms with Crippen LogP contribution in [0.2, 0.25) is 0 Å². The molecule has 8 nitrogen and oxygen atoms in total. The Morgan fingerprint density at radius 1 is 0.692 bits per heavy atom. The van der Waals surface area contributed by atoms with E-state index in [2.05, 4.69) is 10.2 Å². The molecule has 2 aromatic carbocycles. The van der Waals surface area contributed by atoms with Crippen LogP contribution in [-0.4, -0.2) is 32.4 Å². The largest absolute Gasteiger partial charge is 0.481 e. The lowest BCUT2D eigenvalue weighted by molar-refractivity contribution is -0.135. The quantitative estimate of drug-likeness (QED) is 0.615. The number of carboxylic acid groups (broad SMARTS) is 2. The van der Waals surface area contributed by atoms with Crippen LogP contribution in [0.25, 0.3) is 0 Å². The third kappa shape index (κ3) is 12.3. The molecule has 2 rings (SSSR count). The van der Waals surface area contributed by atoms with E-state index in [0.717, 1.165) is 36.3 Å². The zero-order chi connectivity index (χ0) is 19.9. The van der Waals surface area contributed by atoms with E-state index >= 15 is 0 Å². The second kappa shape index (κ2) is 13.2. The Kier molecular flexibility index (Phi) is 11.6. The molecule has 0 atom stereocenters. The molecule has 8 heteroatoms. The minimum Gasteiger partial charge on any atom is -0.481 e. The number of rotatable bonds is 4. The fraction of sp³-hybridized carbons (Fsp3) is 0.222. The number of hydrogen-bond acceptors (Lipinski definition) is 6. The molecule has 0 fully saturated rings. The van der Waals surface area contributed by atoms with Crippen molar-refractivity contribution in [2.45, 2.75) is 27.1 Å². The van der Waals surface area contributed by atoms with E-state index in [0.29, 0.717) is 0 Å². The molecule has 26 heavy (non-hydrogen) atoms. The summed E-state index contributed by atoms with van der Waals surface area (Å²) in [6, 6.07) is 14.4. The summed E-state index contributed by atoms with van der Waals surface area (Å²) >= 11 is 0. The summed E-state index contributed by atoms with van der Waals surface area (Å²) in [4.78, 5) is 18.0. The molecule has 0 unspecified atom stereocenters. The molecule has 0 aliphatic rings. The number of hydrogen-bond donors (Lipinski definition) is 4. The number of carbonyl (C=O) groups is 2. The van der Waals surface area contributed by atoms with Gasteiger partial charge in [0.05, 0.1) is 24.6 Å². The lowest BCUT2D eigenvalue weighted by Gasteiger charge is -1.97. The third-order valence-electron chi connectivity index (χ3n) is 2.52. The maximum atomic E-state index is 9.00. The Morgan fingerprint density at radius 2 is 0.923 bits per heavy atom. The third-order valence-corrected chi connectivity index (χ3v) is 2.52. The normalized spacial score (nSPS) is 9.54. The van der Waals surface area contributed by atoms with Crippen LogP contribution in [0.15, 0.2) is 58.8 Å². The maximum absolute atomic E-state index is 9.00. The van der Waals surface area contributed by atoms with Crippen molar-refractivity contribution < 1.29 is 30.0 Å².